The molecule has 0 unspecified atom stereocenters. The molecule has 28 heavy (non-hydrogen) atoms. The lowest BCUT2D eigenvalue weighted by atomic mass is 9.94. The molecule has 0 saturated carbocycles. The number of carbonyl (C=O) groups is 1. The van der Waals surface area contributed by atoms with Crippen molar-refractivity contribution in [3.05, 3.63) is 102 Å². The van der Waals surface area contributed by atoms with Gasteiger partial charge in [0.25, 0.3) is 0 Å². The van der Waals surface area contributed by atoms with Crippen molar-refractivity contribution in [1.29, 1.82) is 0 Å². The molecule has 0 bridgehead atoms. The first kappa shape index (κ1) is 17.6. The Morgan fingerprint density at radius 2 is 1.46 bits per heavy atom. The van der Waals surface area contributed by atoms with Gasteiger partial charge in [0.2, 0.25) is 0 Å². The van der Waals surface area contributed by atoms with E-state index >= 15 is 0 Å². The molecule has 0 radical (unpaired) electrons. The van der Waals surface area contributed by atoms with Gasteiger partial charge in [-0.15, -0.1) is 0 Å². The maximum absolute atomic E-state index is 12.5. The van der Waals surface area contributed by atoms with Crippen molar-refractivity contribution >= 4 is 22.6 Å². The molecule has 0 atom stereocenters. The molecule has 2 N–H and O–H groups in total. The lowest BCUT2D eigenvalue weighted by Gasteiger charge is -2.10. The van der Waals surface area contributed by atoms with Gasteiger partial charge in [0.05, 0.1) is 5.56 Å². The van der Waals surface area contributed by atoms with Crippen molar-refractivity contribution in [3.63, 3.8) is 0 Å². The minimum Gasteiger partial charge on any atom is -0.508 e. The molecule has 0 fully saturated rings. The van der Waals surface area contributed by atoms with Crippen molar-refractivity contribution in [3.8, 4) is 22.6 Å². The van der Waals surface area contributed by atoms with Gasteiger partial charge in [0, 0.05) is 6.07 Å². The van der Waals surface area contributed by atoms with Gasteiger partial charge >= 0.3 is 0 Å². The Bertz CT molecular complexity index is 1200. The highest BCUT2D eigenvalue weighted by molar-refractivity contribution is 6.09. The number of phenols is 2. The van der Waals surface area contributed by atoms with E-state index in [0.29, 0.717) is 0 Å². The van der Waals surface area contributed by atoms with Crippen LogP contribution in [0.1, 0.15) is 15.9 Å². The summed E-state index contributed by atoms with van der Waals surface area (Å²) in [7, 11) is 0. The Morgan fingerprint density at radius 3 is 2.32 bits per heavy atom. The van der Waals surface area contributed by atoms with Crippen LogP contribution in [0.25, 0.3) is 28.0 Å². The molecular weight excluding hydrogens is 348 g/mol. The minimum absolute atomic E-state index is 0.0840. The van der Waals surface area contributed by atoms with Crippen LogP contribution in [0.15, 0.2) is 91.0 Å². The van der Waals surface area contributed by atoms with Gasteiger partial charge in [0.1, 0.15) is 11.5 Å². The van der Waals surface area contributed by atoms with E-state index in [1.54, 1.807) is 6.08 Å². The van der Waals surface area contributed by atoms with E-state index in [9.17, 15) is 15.0 Å². The van der Waals surface area contributed by atoms with Gasteiger partial charge in [-0.05, 0) is 45.7 Å². The van der Waals surface area contributed by atoms with Gasteiger partial charge in [-0.2, -0.15) is 0 Å². The summed E-state index contributed by atoms with van der Waals surface area (Å²) in [6.45, 7) is 0. The molecular formula is C25H18O3. The molecule has 4 rings (SSSR count). The van der Waals surface area contributed by atoms with Crippen LogP contribution in [0, 0.1) is 0 Å². The van der Waals surface area contributed by atoms with Crippen LogP contribution < -0.4 is 0 Å². The molecule has 4 aromatic rings. The fourth-order valence-corrected chi connectivity index (χ4v) is 3.33. The number of ketones is 1. The average Bonchev–Trinajstić information content (AvgIpc) is 2.72. The van der Waals surface area contributed by atoms with E-state index in [-0.39, 0.29) is 22.8 Å². The van der Waals surface area contributed by atoms with Crippen LogP contribution in [0.4, 0.5) is 0 Å². The highest BCUT2D eigenvalue weighted by atomic mass is 16.3. The van der Waals surface area contributed by atoms with Gasteiger partial charge in [-0.25, -0.2) is 0 Å². The van der Waals surface area contributed by atoms with Crippen molar-refractivity contribution in [2.24, 2.45) is 0 Å². The van der Waals surface area contributed by atoms with Crippen LogP contribution in [-0.2, 0) is 0 Å². The summed E-state index contributed by atoms with van der Waals surface area (Å²) in [6, 6.07) is 26.2. The summed E-state index contributed by atoms with van der Waals surface area (Å²) in [6.07, 6.45) is 3.20. The van der Waals surface area contributed by atoms with E-state index in [1.807, 2.05) is 42.5 Å². The zero-order valence-electron chi connectivity index (χ0n) is 15.0. The highest BCUT2D eigenvalue weighted by Gasteiger charge is 2.10. The minimum atomic E-state index is -0.328. The topological polar surface area (TPSA) is 57.5 Å². The van der Waals surface area contributed by atoms with Crippen LogP contribution in [0.3, 0.4) is 0 Å². The summed E-state index contributed by atoms with van der Waals surface area (Å²) in [5.74, 6) is -0.651. The van der Waals surface area contributed by atoms with E-state index in [1.165, 1.54) is 18.2 Å². The second kappa shape index (κ2) is 7.41. The fraction of sp³-hybridized carbons (Fsp3) is 0. The SMILES string of the molecule is O=C(/C=C/c1ccccc1-c1cccc2ccccc12)c1ccc(O)cc1O. The van der Waals surface area contributed by atoms with Crippen molar-refractivity contribution in [2.75, 3.05) is 0 Å². The Morgan fingerprint density at radius 1 is 0.750 bits per heavy atom. The molecule has 136 valence electrons. The molecule has 3 nitrogen and oxygen atoms in total. The highest BCUT2D eigenvalue weighted by Crippen LogP contribution is 2.32. The zero-order valence-corrected chi connectivity index (χ0v) is 15.0. The van der Waals surface area contributed by atoms with Crippen LogP contribution >= 0.6 is 0 Å². The Kier molecular flexibility index (Phi) is 4.65. The Labute approximate surface area is 162 Å². The molecule has 0 spiro atoms. The predicted molar refractivity (Wildman–Crippen MR) is 113 cm³/mol. The van der Waals surface area contributed by atoms with Gasteiger partial charge in [-0.3, -0.25) is 4.79 Å². The summed E-state index contributed by atoms with van der Waals surface area (Å²) in [4.78, 5) is 12.5. The summed E-state index contributed by atoms with van der Waals surface area (Å²) < 4.78 is 0. The first-order valence-corrected chi connectivity index (χ1v) is 8.95. The molecule has 0 saturated heterocycles. The number of hydrogen-bond donors (Lipinski definition) is 2. The molecule has 0 aliphatic rings. The second-order valence-electron chi connectivity index (χ2n) is 6.51. The van der Waals surface area contributed by atoms with Crippen molar-refractivity contribution in [1.82, 2.24) is 0 Å². The third kappa shape index (κ3) is 3.38. The zero-order chi connectivity index (χ0) is 19.5. The summed E-state index contributed by atoms with van der Waals surface area (Å²) >= 11 is 0. The summed E-state index contributed by atoms with van der Waals surface area (Å²) in [5, 5.41) is 21.6. The van der Waals surface area contributed by atoms with Gasteiger partial charge in [-0.1, -0.05) is 72.8 Å². The maximum atomic E-state index is 12.5. The Hall–Kier alpha value is -3.85. The number of benzene rings is 4. The maximum Gasteiger partial charge on any atom is 0.189 e. The third-order valence-corrected chi connectivity index (χ3v) is 4.70. The molecule has 3 heteroatoms. The van der Waals surface area contributed by atoms with Crippen LogP contribution in [-0.4, -0.2) is 16.0 Å². The monoisotopic (exact) mass is 366 g/mol. The van der Waals surface area contributed by atoms with E-state index in [2.05, 4.69) is 24.3 Å². The quantitative estimate of drug-likeness (QED) is 0.354. The van der Waals surface area contributed by atoms with Crippen LogP contribution in [0.2, 0.25) is 0 Å². The number of hydrogen-bond acceptors (Lipinski definition) is 3. The molecule has 0 aliphatic carbocycles. The number of aromatic hydroxyl groups is 2. The first-order chi connectivity index (χ1) is 13.6. The lowest BCUT2D eigenvalue weighted by Crippen LogP contribution is -1.94. The number of rotatable bonds is 4. The van der Waals surface area contributed by atoms with E-state index < -0.39 is 0 Å². The standard InChI is InChI=1S/C25H18O3/c26-19-13-14-23(25(28)16-19)24(27)15-12-18-7-2-4-10-21(18)22-11-5-8-17-6-1-3-9-20(17)22/h1-16,26,28H/b15-12+. The molecule has 0 aromatic heterocycles. The number of allylic oxidation sites excluding steroid dienone is 1. The fourth-order valence-electron chi connectivity index (χ4n) is 3.33. The molecule has 0 aliphatic heterocycles. The van der Waals surface area contributed by atoms with Crippen molar-refractivity contribution in [2.45, 2.75) is 0 Å². The number of carbonyl (C=O) groups excluding carboxylic acids is 1. The largest absolute Gasteiger partial charge is 0.508 e. The van der Waals surface area contributed by atoms with Gasteiger partial charge in [0.15, 0.2) is 5.78 Å². The van der Waals surface area contributed by atoms with Crippen LogP contribution in [0.5, 0.6) is 11.5 Å². The predicted octanol–water partition coefficient (Wildman–Crippen LogP) is 5.81. The molecule has 0 heterocycles. The smallest absolute Gasteiger partial charge is 0.189 e. The lowest BCUT2D eigenvalue weighted by molar-refractivity contribution is 0.104. The number of fused-ring (bicyclic) bond motifs is 1. The van der Waals surface area contributed by atoms with Gasteiger partial charge < -0.3 is 10.2 Å². The van der Waals surface area contributed by atoms with Crippen molar-refractivity contribution < 1.29 is 15.0 Å². The van der Waals surface area contributed by atoms with E-state index in [0.717, 1.165) is 33.5 Å². The molecule has 0 amide bonds. The van der Waals surface area contributed by atoms with E-state index in [4.69, 9.17) is 0 Å². The second-order valence-corrected chi connectivity index (χ2v) is 6.51. The summed E-state index contributed by atoms with van der Waals surface area (Å²) in [5.41, 5.74) is 3.18. The first-order valence-electron chi connectivity index (χ1n) is 8.95. The average molecular weight is 366 g/mol. The number of phenolic OH excluding ortho intramolecular Hbond substituents is 2. The Balaban J connectivity index is 1.74. The molecule has 4 aromatic carbocycles. The normalized spacial score (nSPS) is 11.1. The third-order valence-electron chi connectivity index (χ3n) is 4.70.